The summed E-state index contributed by atoms with van der Waals surface area (Å²) in [5.41, 5.74) is 1.50. The van der Waals surface area contributed by atoms with Crippen LogP contribution in [-0.2, 0) is 9.53 Å². The van der Waals surface area contributed by atoms with Gasteiger partial charge in [-0.05, 0) is 36.6 Å². The fraction of sp³-hybridized carbons (Fsp3) is 0.467. The van der Waals surface area contributed by atoms with Crippen LogP contribution in [0.2, 0.25) is 0 Å². The minimum absolute atomic E-state index is 0.0166. The van der Waals surface area contributed by atoms with Gasteiger partial charge in [0, 0.05) is 10.0 Å². The molecule has 0 aliphatic heterocycles. The Morgan fingerprint density at radius 1 is 1.40 bits per heavy atom. The van der Waals surface area contributed by atoms with Crippen LogP contribution in [-0.4, -0.2) is 25.0 Å². The van der Waals surface area contributed by atoms with E-state index >= 15 is 0 Å². The van der Waals surface area contributed by atoms with Gasteiger partial charge in [0.2, 0.25) is 0 Å². The Bertz CT molecular complexity index is 502. The quantitative estimate of drug-likeness (QED) is 0.837. The van der Waals surface area contributed by atoms with E-state index in [9.17, 15) is 9.59 Å². The molecule has 110 valence electrons. The topological polar surface area (TPSA) is 55.4 Å². The fourth-order valence-electron chi connectivity index (χ4n) is 1.81. The smallest absolute Gasteiger partial charge is 0.328 e. The van der Waals surface area contributed by atoms with Crippen LogP contribution >= 0.6 is 15.9 Å². The van der Waals surface area contributed by atoms with E-state index in [4.69, 9.17) is 4.74 Å². The van der Waals surface area contributed by atoms with Gasteiger partial charge < -0.3 is 10.1 Å². The Labute approximate surface area is 128 Å². The largest absolute Gasteiger partial charge is 0.467 e. The molecule has 1 aromatic carbocycles. The van der Waals surface area contributed by atoms with E-state index in [-0.39, 0.29) is 11.8 Å². The number of esters is 1. The van der Waals surface area contributed by atoms with Crippen LogP contribution in [0.4, 0.5) is 0 Å². The zero-order valence-electron chi connectivity index (χ0n) is 12.2. The van der Waals surface area contributed by atoms with Crippen molar-refractivity contribution in [3.05, 3.63) is 33.8 Å². The molecular weight excluding hydrogens is 322 g/mol. The Kier molecular flexibility index (Phi) is 6.20. The first-order valence-corrected chi connectivity index (χ1v) is 7.34. The summed E-state index contributed by atoms with van der Waals surface area (Å²) in [5, 5.41) is 2.75. The third kappa shape index (κ3) is 4.07. The number of halogens is 1. The summed E-state index contributed by atoms with van der Waals surface area (Å²) in [7, 11) is 1.33. The molecule has 0 spiro atoms. The number of hydrogen-bond acceptors (Lipinski definition) is 3. The number of amides is 1. The Morgan fingerprint density at radius 3 is 2.55 bits per heavy atom. The second kappa shape index (κ2) is 7.43. The van der Waals surface area contributed by atoms with E-state index in [0.29, 0.717) is 5.56 Å². The van der Waals surface area contributed by atoms with Crippen molar-refractivity contribution in [3.8, 4) is 0 Å². The maximum Gasteiger partial charge on any atom is 0.328 e. The molecule has 0 saturated heterocycles. The highest BCUT2D eigenvalue weighted by atomic mass is 79.9. The number of aryl methyl sites for hydroxylation is 1. The molecule has 0 radical (unpaired) electrons. The number of carbonyl (C=O) groups is 2. The van der Waals surface area contributed by atoms with Crippen molar-refractivity contribution in [2.24, 2.45) is 5.92 Å². The van der Waals surface area contributed by atoms with Crippen LogP contribution in [0.15, 0.2) is 22.7 Å². The van der Waals surface area contributed by atoms with E-state index in [1.807, 2.05) is 26.8 Å². The molecule has 20 heavy (non-hydrogen) atoms. The predicted octanol–water partition coefficient (Wildman–Crippen LogP) is 3.08. The van der Waals surface area contributed by atoms with Crippen LogP contribution in [0.3, 0.4) is 0 Å². The van der Waals surface area contributed by atoms with Crippen molar-refractivity contribution < 1.29 is 14.3 Å². The second-order valence-corrected chi connectivity index (χ2v) is 5.68. The molecule has 1 N–H and O–H groups in total. The lowest BCUT2D eigenvalue weighted by Crippen LogP contribution is -2.45. The van der Waals surface area contributed by atoms with Gasteiger partial charge in [0.25, 0.3) is 5.91 Å². The van der Waals surface area contributed by atoms with E-state index in [0.717, 1.165) is 16.5 Å². The van der Waals surface area contributed by atoms with E-state index in [2.05, 4.69) is 21.2 Å². The summed E-state index contributed by atoms with van der Waals surface area (Å²) in [4.78, 5) is 24.0. The Morgan fingerprint density at radius 2 is 2.05 bits per heavy atom. The highest BCUT2D eigenvalue weighted by Crippen LogP contribution is 2.17. The van der Waals surface area contributed by atoms with Gasteiger partial charge in [-0.25, -0.2) is 4.79 Å². The Hall–Kier alpha value is -1.36. The first-order valence-electron chi connectivity index (χ1n) is 6.55. The van der Waals surface area contributed by atoms with Crippen LogP contribution in [0, 0.1) is 12.8 Å². The van der Waals surface area contributed by atoms with Crippen LogP contribution in [0.25, 0.3) is 0 Å². The maximum atomic E-state index is 12.2. The molecule has 1 unspecified atom stereocenters. The van der Waals surface area contributed by atoms with Gasteiger partial charge in [0.1, 0.15) is 6.04 Å². The summed E-state index contributed by atoms with van der Waals surface area (Å²) in [6.45, 7) is 5.79. The van der Waals surface area contributed by atoms with Crippen molar-refractivity contribution in [2.45, 2.75) is 33.2 Å². The number of nitrogens with one attached hydrogen (secondary N) is 1. The molecule has 4 nitrogen and oxygen atoms in total. The molecule has 1 rings (SSSR count). The molecule has 0 aliphatic rings. The highest BCUT2D eigenvalue weighted by molar-refractivity contribution is 9.10. The van der Waals surface area contributed by atoms with E-state index in [1.54, 1.807) is 12.1 Å². The third-order valence-corrected chi connectivity index (χ3v) is 4.26. The number of hydrogen-bond donors (Lipinski definition) is 1. The molecule has 0 fully saturated rings. The molecule has 0 aliphatic carbocycles. The van der Waals surface area contributed by atoms with Gasteiger partial charge in [-0.15, -0.1) is 0 Å². The summed E-state index contributed by atoms with van der Waals surface area (Å²) in [5.74, 6) is -0.666. The zero-order valence-corrected chi connectivity index (χ0v) is 13.8. The van der Waals surface area contributed by atoms with Gasteiger partial charge in [-0.3, -0.25) is 4.79 Å². The molecular formula is C15H20BrNO3. The molecule has 1 amide bonds. The van der Waals surface area contributed by atoms with Gasteiger partial charge in [-0.1, -0.05) is 36.2 Å². The van der Waals surface area contributed by atoms with Gasteiger partial charge in [0.05, 0.1) is 7.11 Å². The molecule has 5 heteroatoms. The van der Waals surface area contributed by atoms with Crippen molar-refractivity contribution in [1.29, 1.82) is 0 Å². The molecule has 0 bridgehead atoms. The number of ether oxygens (including phenoxy) is 1. The fourth-order valence-corrected chi connectivity index (χ4v) is 2.05. The average molecular weight is 342 g/mol. The van der Waals surface area contributed by atoms with Crippen LogP contribution in [0.1, 0.15) is 36.2 Å². The SMILES string of the molecule is CCC(C)[C@H](NC(=O)c1ccc(Br)c(C)c1)C(=O)OC. The van der Waals surface area contributed by atoms with E-state index in [1.165, 1.54) is 7.11 Å². The first kappa shape index (κ1) is 16.7. The number of rotatable bonds is 5. The lowest BCUT2D eigenvalue weighted by molar-refractivity contribution is -0.144. The molecule has 2 atom stereocenters. The lowest BCUT2D eigenvalue weighted by atomic mass is 9.98. The van der Waals surface area contributed by atoms with Crippen LogP contribution in [0.5, 0.6) is 0 Å². The normalized spacial score (nSPS) is 13.4. The van der Waals surface area contributed by atoms with Crippen molar-refractivity contribution in [3.63, 3.8) is 0 Å². The summed E-state index contributed by atoms with van der Waals surface area (Å²) in [6.07, 6.45) is 0.777. The van der Waals surface area contributed by atoms with E-state index < -0.39 is 12.0 Å². The monoisotopic (exact) mass is 341 g/mol. The van der Waals surface area contributed by atoms with Crippen molar-refractivity contribution in [1.82, 2.24) is 5.32 Å². The highest BCUT2D eigenvalue weighted by Gasteiger charge is 2.27. The standard InChI is InChI=1S/C15H20BrNO3/c1-5-9(2)13(15(19)20-4)17-14(18)11-6-7-12(16)10(3)8-11/h6-9,13H,5H2,1-4H3,(H,17,18)/t9?,13-/m0/s1. The summed E-state index contributed by atoms with van der Waals surface area (Å²) >= 11 is 3.39. The van der Waals surface area contributed by atoms with Gasteiger partial charge >= 0.3 is 5.97 Å². The lowest BCUT2D eigenvalue weighted by Gasteiger charge is -2.22. The number of methoxy groups -OCH3 is 1. The van der Waals surface area contributed by atoms with Crippen molar-refractivity contribution >= 4 is 27.8 Å². The second-order valence-electron chi connectivity index (χ2n) is 4.82. The summed E-state index contributed by atoms with van der Waals surface area (Å²) < 4.78 is 5.70. The van der Waals surface area contributed by atoms with Crippen LogP contribution < -0.4 is 5.32 Å². The van der Waals surface area contributed by atoms with Gasteiger partial charge in [-0.2, -0.15) is 0 Å². The molecule has 1 aromatic rings. The van der Waals surface area contributed by atoms with Gasteiger partial charge in [0.15, 0.2) is 0 Å². The molecule has 0 heterocycles. The number of carbonyl (C=O) groups excluding carboxylic acids is 2. The minimum atomic E-state index is -0.624. The Balaban J connectivity index is 2.90. The first-order chi connectivity index (χ1) is 9.40. The maximum absolute atomic E-state index is 12.2. The molecule has 0 aromatic heterocycles. The minimum Gasteiger partial charge on any atom is -0.467 e. The predicted molar refractivity (Wildman–Crippen MR) is 81.6 cm³/mol. The molecule has 0 saturated carbocycles. The third-order valence-electron chi connectivity index (χ3n) is 3.37. The average Bonchev–Trinajstić information content (AvgIpc) is 2.45. The summed E-state index contributed by atoms with van der Waals surface area (Å²) in [6, 6.07) is 4.70. The van der Waals surface area contributed by atoms with Crippen molar-refractivity contribution in [2.75, 3.05) is 7.11 Å². The number of benzene rings is 1. The zero-order chi connectivity index (χ0) is 15.3.